The Morgan fingerprint density at radius 3 is 0.932 bits per heavy atom. The number of aliphatic hydroxyl groups is 8. The first-order chi connectivity index (χ1) is 64.1. The van der Waals surface area contributed by atoms with E-state index in [1.807, 2.05) is 25.8 Å². The first kappa shape index (κ1) is 92.1. The molecule has 8 aromatic rings. The van der Waals surface area contributed by atoms with Crippen LogP contribution >= 0.6 is 80.2 Å². The molecule has 0 aliphatic carbocycles. The highest BCUT2D eigenvalue weighted by molar-refractivity contribution is 7.72. The minimum absolute atomic E-state index is 0.0640. The maximum absolute atomic E-state index is 16.0. The second-order valence-electron chi connectivity index (χ2n) is 30.3. The molecule has 4 saturated heterocycles. The van der Waals surface area contributed by atoms with Gasteiger partial charge in [-0.15, -0.1) is 0 Å². The van der Waals surface area contributed by atoms with Gasteiger partial charge in [0.05, 0.1) is 56.9 Å². The van der Waals surface area contributed by atoms with Crippen molar-refractivity contribution in [1.29, 1.82) is 0 Å². The minimum Gasteiger partial charge on any atom is -0.403 e. The topological polar surface area (TPSA) is 597 Å². The molecule has 4 aromatic heterocycles. The molecule has 8 aliphatic rings. The summed E-state index contributed by atoms with van der Waals surface area (Å²) in [4.78, 5) is 102. The lowest BCUT2D eigenvalue weighted by molar-refractivity contribution is -0.205. The number of aromatic nitrogens is 8. The number of halogens is 4. The van der Waals surface area contributed by atoms with Crippen molar-refractivity contribution in [2.24, 2.45) is 0 Å². The maximum atomic E-state index is 16.0. The Morgan fingerprint density at radius 1 is 0.394 bits per heavy atom. The standard InChI is InChI=1S/4C19H20FN2O9PS/c4*1-9-3-10(2)14-11(4-9)7-28-32(27,31-14)29-8-19(20)15(25)13(24)17(30-19)22-5-12(6-23)16(33)21-18(22)26/h4*3-6,13,15,17,24-25H,7-8H2,1-2H3,(H,21,26,33)/t4*13-,15+,17-,19-,32?/m1111/s1/i8D2,17D;17D;8D2;. The van der Waals surface area contributed by atoms with Crippen LogP contribution in [0.5, 0.6) is 23.0 Å². The number of hydrogen-bond donors (Lipinski definition) is 12. The average molecular weight is 2020 g/mol. The van der Waals surface area contributed by atoms with Gasteiger partial charge >= 0.3 is 54.0 Å². The van der Waals surface area contributed by atoms with Crippen molar-refractivity contribution < 1.29 is 177 Å². The van der Waals surface area contributed by atoms with Gasteiger partial charge < -0.3 is 77.9 Å². The van der Waals surface area contributed by atoms with E-state index in [-0.39, 0.29) is 114 Å². The number of rotatable bonds is 20. The van der Waals surface area contributed by atoms with Gasteiger partial charge in [0.1, 0.15) is 117 Å². The summed E-state index contributed by atoms with van der Waals surface area (Å²) in [6.07, 6.45) is -24.8. The minimum atomic E-state index is -4.88. The molecule has 4 fully saturated rings. The Bertz CT molecular complexity index is 7030. The van der Waals surface area contributed by atoms with Crippen LogP contribution in [0.4, 0.5) is 17.6 Å². The number of nitrogens with one attached hydrogen (secondary N) is 4. The number of fused-ring (bicyclic) bond motifs is 4. The van der Waals surface area contributed by atoms with E-state index in [0.717, 1.165) is 40.8 Å². The fourth-order valence-corrected chi connectivity index (χ4v) is 19.7. The molecular formula is C76H80F4N8O36P4S4. The van der Waals surface area contributed by atoms with E-state index in [9.17, 15) is 97.5 Å². The molecule has 56 heteroatoms. The number of nitrogens with zero attached hydrogens (tertiary/aromatic N) is 4. The number of ether oxygens (including phenoxy) is 4. The van der Waals surface area contributed by atoms with E-state index in [1.165, 1.54) is 0 Å². The normalized spacial score (nSPS) is 33.1. The summed E-state index contributed by atoms with van der Waals surface area (Å²) >= 11 is 19.2. The molecule has 712 valence electrons. The number of benzene rings is 4. The Morgan fingerprint density at radius 2 is 0.629 bits per heavy atom. The largest absolute Gasteiger partial charge is 0.530 e. The number of carbonyl (C=O) groups excluding carboxylic acids is 4. The van der Waals surface area contributed by atoms with Crippen LogP contribution in [-0.4, -0.2) is 203 Å². The predicted molar refractivity (Wildman–Crippen MR) is 449 cm³/mol. The molecular weight excluding hydrogens is 1930 g/mol. The average Bonchev–Trinajstić information content (AvgIpc) is 1.56. The molecule has 4 unspecified atom stereocenters. The van der Waals surface area contributed by atoms with Gasteiger partial charge in [0.25, 0.3) is 23.4 Å². The molecule has 0 bridgehead atoms. The summed E-state index contributed by atoms with van der Waals surface area (Å²) in [6.45, 7) is 3.09. The Hall–Kier alpha value is -9.00. The lowest BCUT2D eigenvalue weighted by atomic mass is 10.1. The van der Waals surface area contributed by atoms with E-state index in [2.05, 4.69) is 15.0 Å². The van der Waals surface area contributed by atoms with Gasteiger partial charge in [-0.25, -0.2) is 55.0 Å². The number of H-pyrrole nitrogens is 4. The molecule has 4 aromatic carbocycles. The van der Waals surface area contributed by atoms with E-state index in [1.54, 1.807) is 83.1 Å². The van der Waals surface area contributed by atoms with Gasteiger partial charge in [0, 0.05) is 47.0 Å². The van der Waals surface area contributed by atoms with E-state index in [4.69, 9.17) is 130 Å². The highest BCUT2D eigenvalue weighted by Gasteiger charge is 2.62. The van der Waals surface area contributed by atoms with Crippen LogP contribution in [0.2, 0.25) is 0 Å². The molecule has 44 nitrogen and oxygen atoms in total. The van der Waals surface area contributed by atoms with Crippen LogP contribution in [-0.2, 0) is 99.8 Å². The number of phosphoric ester groups is 4. The second-order valence-corrected chi connectivity index (χ2v) is 38.1. The van der Waals surface area contributed by atoms with Gasteiger partial charge in [-0.05, 0) is 77.6 Å². The van der Waals surface area contributed by atoms with Crippen molar-refractivity contribution in [3.05, 3.63) is 223 Å². The number of carbonyl (C=O) groups is 4. The van der Waals surface area contributed by atoms with Crippen molar-refractivity contribution in [3.8, 4) is 23.0 Å². The molecule has 12 heterocycles. The number of phosphoric acid groups is 4. The molecule has 0 amide bonds. The van der Waals surface area contributed by atoms with Gasteiger partial charge in [-0.3, -0.25) is 93.6 Å². The van der Waals surface area contributed by atoms with Crippen LogP contribution in [0, 0.1) is 74.0 Å². The number of aldehydes is 4. The summed E-state index contributed by atoms with van der Waals surface area (Å²) in [5.74, 6) is -13.7. The quantitative estimate of drug-likeness (QED) is 0.0149. The fourth-order valence-electron chi connectivity index (χ4n) is 14.0. The Labute approximate surface area is 768 Å². The van der Waals surface area contributed by atoms with Crippen molar-refractivity contribution in [1.82, 2.24) is 38.2 Å². The molecule has 0 spiro atoms. The third-order valence-electron chi connectivity index (χ3n) is 20.3. The zero-order chi connectivity index (χ0) is 102. The SMILES string of the molecule is Cc1cc(C)c2c(c1)COP(=O)(OC[C@@]1(F)O[C@@H](n3cc(C=O)c(=S)[nH]c3=O)[C@H](O)[C@@H]1O)O2.[2H]C([2H])(OP1(=O)OCc2cc(C)cc(C)c2O1)[C@@]1(F)O[C@@H](n2cc(C=O)c(=S)[nH]c2=O)[C@H](O)[C@@H]1O.[2H]C([2H])(OP1(=O)OCc2cc(C)cc(C)c2O1)[C@@]1(F)O[C@@]([2H])(n2cc(C=O)c(=S)[nH]c2=O)[C@H](O)[C@@H]1O.[2H][C@@]1(n2cc(C=O)c(=S)[nH]c2=O)O[C@](F)(COP2(=O)OCc3cc(C)cc(C)c3O2)[C@@H](O)[C@H]1O. The molecule has 132 heavy (non-hydrogen) atoms. The lowest BCUT2D eigenvalue weighted by Crippen LogP contribution is -2.43. The molecule has 0 saturated carbocycles. The maximum Gasteiger partial charge on any atom is 0.530 e. The number of aliphatic hydroxyl groups excluding tert-OH is 8. The smallest absolute Gasteiger partial charge is 0.403 e. The highest BCUT2D eigenvalue weighted by Crippen LogP contribution is 2.61. The van der Waals surface area contributed by atoms with Gasteiger partial charge in [0.2, 0.25) is 0 Å². The first-order valence-electron chi connectivity index (χ1n) is 41.1. The first-order valence-corrected chi connectivity index (χ1v) is 45.6. The van der Waals surface area contributed by atoms with Crippen molar-refractivity contribution in [2.75, 3.05) is 26.3 Å². The van der Waals surface area contributed by atoms with Gasteiger partial charge in [-0.1, -0.05) is 120 Å². The summed E-state index contributed by atoms with van der Waals surface area (Å²) in [6, 6.07) is 13.9. The van der Waals surface area contributed by atoms with Crippen LogP contribution < -0.4 is 40.9 Å². The Balaban J connectivity index is 0.000000155. The summed E-state index contributed by atoms with van der Waals surface area (Å²) in [7, 11) is -18.3. The summed E-state index contributed by atoms with van der Waals surface area (Å²) < 4.78 is 246. The lowest BCUT2D eigenvalue weighted by Gasteiger charge is -2.29. The zero-order valence-corrected chi connectivity index (χ0v) is 75.8. The Kier molecular flexibility index (Phi) is 27.0. The molecule has 0 radical (unpaired) electrons. The highest BCUT2D eigenvalue weighted by atomic mass is 32.1. The number of aryl methyl sites for hydroxylation is 8. The third kappa shape index (κ3) is 20.6. The molecule has 20 atom stereocenters. The molecule has 12 N–H and O–H groups in total. The van der Waals surface area contributed by atoms with E-state index < -0.39 is 177 Å². The van der Waals surface area contributed by atoms with E-state index in [0.29, 0.717) is 70.7 Å². The number of aromatic amines is 4. The van der Waals surface area contributed by atoms with Crippen molar-refractivity contribution in [3.63, 3.8) is 0 Å². The number of hydrogen-bond acceptors (Lipinski definition) is 40. The fraction of sp³-hybridized carbons (Fsp3) is 0.421. The zero-order valence-electron chi connectivity index (χ0n) is 75.0. The summed E-state index contributed by atoms with van der Waals surface area (Å²) in [5.41, 5.74) is 2.88. The molecule has 16 rings (SSSR count). The van der Waals surface area contributed by atoms with Crippen molar-refractivity contribution >= 4 is 105 Å². The third-order valence-corrected chi connectivity index (χ3v) is 26.6. The van der Waals surface area contributed by atoms with Crippen molar-refractivity contribution in [2.45, 2.75) is 179 Å². The van der Waals surface area contributed by atoms with Crippen LogP contribution in [0.3, 0.4) is 0 Å². The molecule has 8 aliphatic heterocycles. The number of alkyl halides is 4. The van der Waals surface area contributed by atoms with E-state index >= 15 is 17.6 Å². The van der Waals surface area contributed by atoms with Crippen LogP contribution in [0.25, 0.3) is 0 Å². The van der Waals surface area contributed by atoms with Gasteiger partial charge in [0.15, 0.2) is 50.0 Å². The summed E-state index contributed by atoms with van der Waals surface area (Å²) in [5, 5.41) is 82.8. The second kappa shape index (κ2) is 38.6. The van der Waals surface area contributed by atoms with Crippen LogP contribution in [0.15, 0.2) is 92.5 Å². The van der Waals surface area contributed by atoms with Gasteiger partial charge in [-0.2, -0.15) is 0 Å². The predicted octanol–water partition coefficient (Wildman–Crippen LogP) is 7.94. The monoisotopic (exact) mass is 2010 g/mol. The van der Waals surface area contributed by atoms with Crippen LogP contribution in [0.1, 0.15) is 141 Å².